The van der Waals surface area contributed by atoms with Gasteiger partial charge in [-0.15, -0.1) is 0 Å². The molecule has 0 aromatic carbocycles. The molecule has 0 saturated carbocycles. The van der Waals surface area contributed by atoms with Crippen LogP contribution >= 0.6 is 0 Å². The van der Waals surface area contributed by atoms with E-state index in [2.05, 4.69) is 28.5 Å². The highest BCUT2D eigenvalue weighted by molar-refractivity contribution is 5.79. The molecule has 2 aromatic rings. The highest BCUT2D eigenvalue weighted by atomic mass is 16.3. The molecule has 0 spiro atoms. The van der Waals surface area contributed by atoms with Crippen LogP contribution in [-0.2, 0) is 6.54 Å². The minimum Gasteiger partial charge on any atom is -0.468 e. The number of aromatic nitrogens is 1. The number of aryl methyl sites for hydroxylation is 1. The summed E-state index contributed by atoms with van der Waals surface area (Å²) in [6.45, 7) is 7.33. The van der Waals surface area contributed by atoms with Crippen LogP contribution in [0.3, 0.4) is 0 Å². The van der Waals surface area contributed by atoms with E-state index in [1.54, 1.807) is 23.0 Å². The van der Waals surface area contributed by atoms with E-state index in [-0.39, 0.29) is 11.6 Å². The number of rotatable bonds is 10. The molecule has 0 amide bonds. The summed E-state index contributed by atoms with van der Waals surface area (Å²) in [7, 11) is 0. The Morgan fingerprint density at radius 1 is 1.13 bits per heavy atom. The van der Waals surface area contributed by atoms with Crippen molar-refractivity contribution in [2.45, 2.75) is 51.6 Å². The van der Waals surface area contributed by atoms with Crippen molar-refractivity contribution < 1.29 is 4.42 Å². The Morgan fingerprint density at radius 3 is 2.73 bits per heavy atom. The molecule has 7 nitrogen and oxygen atoms in total. The van der Waals surface area contributed by atoms with Gasteiger partial charge in [-0.3, -0.25) is 14.7 Å². The molecular weight excluding hydrogens is 378 g/mol. The van der Waals surface area contributed by atoms with E-state index in [4.69, 9.17) is 9.41 Å². The third-order valence-corrected chi connectivity index (χ3v) is 5.49. The number of furan rings is 1. The van der Waals surface area contributed by atoms with Gasteiger partial charge < -0.3 is 19.6 Å². The first-order chi connectivity index (χ1) is 14.8. The number of hydrogen-bond donors (Lipinski definition) is 2. The third kappa shape index (κ3) is 6.76. The standard InChI is InChI=1S/C23H35N5O2/c1-2-24-23(25-13-5-9-17-28-16-8-4-12-22(28)29)26-19-20(21-11-10-18-30-21)27-14-6-3-7-15-27/h4,8,10-12,16,18,20H,2-3,5-7,9,13-15,17,19H2,1H3,(H2,24,25,26). The molecule has 2 N–H and O–H groups in total. The van der Waals surface area contributed by atoms with Crippen LogP contribution in [0.4, 0.5) is 0 Å². The summed E-state index contributed by atoms with van der Waals surface area (Å²) < 4.78 is 7.48. The maximum absolute atomic E-state index is 11.8. The predicted octanol–water partition coefficient (Wildman–Crippen LogP) is 3.00. The molecule has 1 aliphatic rings. The third-order valence-electron chi connectivity index (χ3n) is 5.49. The molecule has 3 rings (SSSR count). The van der Waals surface area contributed by atoms with Crippen molar-refractivity contribution in [1.29, 1.82) is 0 Å². The number of piperidine rings is 1. The number of guanidine groups is 1. The van der Waals surface area contributed by atoms with E-state index in [0.717, 1.165) is 57.3 Å². The Morgan fingerprint density at radius 2 is 2.00 bits per heavy atom. The van der Waals surface area contributed by atoms with Crippen LogP contribution in [0.15, 0.2) is 57.0 Å². The number of aliphatic imine (C=N–C) groups is 1. The summed E-state index contributed by atoms with van der Waals surface area (Å²) in [4.78, 5) is 19.1. The first-order valence-electron chi connectivity index (χ1n) is 11.2. The maximum Gasteiger partial charge on any atom is 0.250 e. The van der Waals surface area contributed by atoms with Crippen molar-refractivity contribution in [1.82, 2.24) is 20.1 Å². The van der Waals surface area contributed by atoms with Crippen LogP contribution in [-0.4, -0.2) is 48.2 Å². The first-order valence-corrected chi connectivity index (χ1v) is 11.2. The van der Waals surface area contributed by atoms with Crippen LogP contribution in [0.25, 0.3) is 0 Å². The minimum atomic E-state index is 0.0574. The van der Waals surface area contributed by atoms with Gasteiger partial charge in [-0.2, -0.15) is 0 Å². The van der Waals surface area contributed by atoms with E-state index in [1.807, 2.05) is 18.3 Å². The van der Waals surface area contributed by atoms with Gasteiger partial charge in [0.05, 0.1) is 18.8 Å². The molecular formula is C23H35N5O2. The second-order valence-electron chi connectivity index (χ2n) is 7.71. The molecule has 164 valence electrons. The zero-order chi connectivity index (χ0) is 21.0. The molecule has 7 heteroatoms. The number of hydrogen-bond acceptors (Lipinski definition) is 4. The molecule has 0 bridgehead atoms. The van der Waals surface area contributed by atoms with Gasteiger partial charge >= 0.3 is 0 Å². The van der Waals surface area contributed by atoms with Crippen LogP contribution < -0.4 is 16.2 Å². The van der Waals surface area contributed by atoms with E-state index in [9.17, 15) is 4.79 Å². The Labute approximate surface area is 179 Å². The summed E-state index contributed by atoms with van der Waals surface area (Å²) in [6.07, 6.45) is 9.30. The zero-order valence-corrected chi connectivity index (χ0v) is 18.1. The van der Waals surface area contributed by atoms with Gasteiger partial charge in [-0.25, -0.2) is 0 Å². The van der Waals surface area contributed by atoms with Gasteiger partial charge in [0.2, 0.25) is 5.56 Å². The lowest BCUT2D eigenvalue weighted by molar-refractivity contribution is 0.150. The Hall–Kier alpha value is -2.54. The molecule has 2 aromatic heterocycles. The fraction of sp³-hybridized carbons (Fsp3) is 0.565. The predicted molar refractivity (Wildman–Crippen MR) is 121 cm³/mol. The van der Waals surface area contributed by atoms with Crippen molar-refractivity contribution >= 4 is 5.96 Å². The maximum atomic E-state index is 11.8. The molecule has 1 saturated heterocycles. The fourth-order valence-corrected chi connectivity index (χ4v) is 3.88. The van der Waals surface area contributed by atoms with Crippen molar-refractivity contribution in [3.05, 3.63) is 58.9 Å². The molecule has 30 heavy (non-hydrogen) atoms. The number of likely N-dealkylation sites (tertiary alicyclic amines) is 1. The summed E-state index contributed by atoms with van der Waals surface area (Å²) in [6, 6.07) is 9.47. The Balaban J connectivity index is 1.50. The minimum absolute atomic E-state index is 0.0574. The molecule has 3 heterocycles. The average molecular weight is 414 g/mol. The van der Waals surface area contributed by atoms with Crippen molar-refractivity contribution in [3.8, 4) is 0 Å². The molecule has 0 radical (unpaired) electrons. The van der Waals surface area contributed by atoms with Crippen molar-refractivity contribution in [2.24, 2.45) is 4.99 Å². The monoisotopic (exact) mass is 413 g/mol. The number of pyridine rings is 1. The van der Waals surface area contributed by atoms with Gasteiger partial charge in [-0.1, -0.05) is 12.5 Å². The quantitative estimate of drug-likeness (QED) is 0.356. The van der Waals surface area contributed by atoms with Gasteiger partial charge in [-0.05, 0) is 63.9 Å². The molecule has 1 atom stereocenters. The van der Waals surface area contributed by atoms with Crippen LogP contribution in [0, 0.1) is 0 Å². The zero-order valence-electron chi connectivity index (χ0n) is 18.1. The summed E-state index contributed by atoms with van der Waals surface area (Å²) in [5, 5.41) is 6.77. The topological polar surface area (TPSA) is 74.8 Å². The first kappa shape index (κ1) is 22.2. The van der Waals surface area contributed by atoms with E-state index in [1.165, 1.54) is 19.3 Å². The average Bonchev–Trinajstić information content (AvgIpc) is 3.30. The Kier molecular flexibility index (Phi) is 9.03. The summed E-state index contributed by atoms with van der Waals surface area (Å²) >= 11 is 0. The lowest BCUT2D eigenvalue weighted by atomic mass is 10.1. The fourth-order valence-electron chi connectivity index (χ4n) is 3.88. The number of nitrogens with one attached hydrogen (secondary N) is 2. The Bertz CT molecular complexity index is 809. The van der Waals surface area contributed by atoms with E-state index < -0.39 is 0 Å². The SMILES string of the molecule is CCNC(=NCC(c1ccco1)N1CCCCC1)NCCCCn1ccccc1=O. The second-order valence-corrected chi connectivity index (χ2v) is 7.71. The van der Waals surface area contributed by atoms with Crippen molar-refractivity contribution in [2.75, 3.05) is 32.7 Å². The van der Waals surface area contributed by atoms with E-state index in [0.29, 0.717) is 6.54 Å². The van der Waals surface area contributed by atoms with Gasteiger partial charge in [0.1, 0.15) is 5.76 Å². The molecule has 1 unspecified atom stereocenters. The summed E-state index contributed by atoms with van der Waals surface area (Å²) in [5.74, 6) is 1.83. The summed E-state index contributed by atoms with van der Waals surface area (Å²) in [5.41, 5.74) is 0.0574. The molecule has 0 aliphatic carbocycles. The number of unbranched alkanes of at least 4 members (excludes halogenated alkanes) is 1. The molecule has 1 aliphatic heterocycles. The lowest BCUT2D eigenvalue weighted by Gasteiger charge is -2.32. The highest BCUT2D eigenvalue weighted by Gasteiger charge is 2.24. The van der Waals surface area contributed by atoms with Crippen LogP contribution in [0.2, 0.25) is 0 Å². The largest absolute Gasteiger partial charge is 0.468 e. The van der Waals surface area contributed by atoms with Gasteiger partial charge in [0.25, 0.3) is 0 Å². The van der Waals surface area contributed by atoms with Gasteiger partial charge in [0.15, 0.2) is 5.96 Å². The van der Waals surface area contributed by atoms with Crippen LogP contribution in [0.1, 0.15) is 50.8 Å². The van der Waals surface area contributed by atoms with Crippen molar-refractivity contribution in [3.63, 3.8) is 0 Å². The number of nitrogens with zero attached hydrogens (tertiary/aromatic N) is 3. The normalized spacial score (nSPS) is 16.4. The molecule has 1 fully saturated rings. The smallest absolute Gasteiger partial charge is 0.250 e. The van der Waals surface area contributed by atoms with Gasteiger partial charge in [0, 0.05) is 31.9 Å². The lowest BCUT2D eigenvalue weighted by Crippen LogP contribution is -2.40. The van der Waals surface area contributed by atoms with E-state index >= 15 is 0 Å². The highest BCUT2D eigenvalue weighted by Crippen LogP contribution is 2.25. The van der Waals surface area contributed by atoms with Crippen LogP contribution in [0.5, 0.6) is 0 Å². The second kappa shape index (κ2) is 12.2.